The molecule has 0 radical (unpaired) electrons. The molecule has 1 aromatic rings. The summed E-state index contributed by atoms with van der Waals surface area (Å²) in [5.74, 6) is 0.0303. The minimum atomic E-state index is -3.09. The zero-order chi connectivity index (χ0) is 14.3. The zero-order valence-electron chi connectivity index (χ0n) is 10.5. The Hall–Kier alpha value is -1.37. The molecule has 1 fully saturated rings. The Bertz CT molecular complexity index is 589. The van der Waals surface area contributed by atoms with Crippen LogP contribution in [0.4, 0.5) is 20.2 Å². The molecule has 0 saturated carbocycles. The van der Waals surface area contributed by atoms with Gasteiger partial charge in [0.15, 0.2) is 9.84 Å². The number of hydrogen-bond acceptors (Lipinski definition) is 4. The Labute approximate surface area is 110 Å². The maximum absolute atomic E-state index is 12.9. The van der Waals surface area contributed by atoms with E-state index in [1.54, 1.807) is 6.92 Å². The SMILES string of the molecule is CC1(Nc2ccc(N)cc2C(F)F)CCS(=O)(=O)C1. The highest BCUT2D eigenvalue weighted by atomic mass is 32.2. The quantitative estimate of drug-likeness (QED) is 0.837. The van der Waals surface area contributed by atoms with Crippen molar-refractivity contribution in [3.8, 4) is 0 Å². The third-order valence-corrected chi connectivity index (χ3v) is 5.15. The molecular formula is C12H16F2N2O2S. The van der Waals surface area contributed by atoms with Gasteiger partial charge in [0, 0.05) is 22.5 Å². The summed E-state index contributed by atoms with van der Waals surface area (Å²) in [6, 6.07) is 4.19. The van der Waals surface area contributed by atoms with E-state index in [1.807, 2.05) is 0 Å². The Morgan fingerprint density at radius 3 is 2.63 bits per heavy atom. The summed E-state index contributed by atoms with van der Waals surface area (Å²) < 4.78 is 48.9. The van der Waals surface area contributed by atoms with Crippen LogP contribution in [0.15, 0.2) is 18.2 Å². The fraction of sp³-hybridized carbons (Fsp3) is 0.500. The number of nitrogens with one attached hydrogen (secondary N) is 1. The second-order valence-electron chi connectivity index (χ2n) is 5.18. The molecule has 1 heterocycles. The molecule has 2 rings (SSSR count). The van der Waals surface area contributed by atoms with Gasteiger partial charge in [-0.25, -0.2) is 17.2 Å². The smallest absolute Gasteiger partial charge is 0.265 e. The van der Waals surface area contributed by atoms with E-state index in [1.165, 1.54) is 18.2 Å². The van der Waals surface area contributed by atoms with Crippen LogP contribution in [0, 0.1) is 0 Å². The predicted octanol–water partition coefficient (Wildman–Crippen LogP) is 2.20. The number of hydrogen-bond donors (Lipinski definition) is 2. The number of sulfone groups is 1. The van der Waals surface area contributed by atoms with E-state index in [4.69, 9.17) is 5.73 Å². The van der Waals surface area contributed by atoms with Crippen LogP contribution in [0.25, 0.3) is 0 Å². The second-order valence-corrected chi connectivity index (χ2v) is 7.36. The number of halogens is 2. The monoisotopic (exact) mass is 290 g/mol. The van der Waals surface area contributed by atoms with Crippen molar-refractivity contribution < 1.29 is 17.2 Å². The van der Waals surface area contributed by atoms with Crippen LogP contribution in [0.5, 0.6) is 0 Å². The number of alkyl halides is 2. The standard InChI is InChI=1S/C12H16F2N2O2S/c1-12(4-5-19(17,18)7-12)16-10-3-2-8(15)6-9(10)11(13)14/h2-3,6,11,16H,4-5,7,15H2,1H3. The van der Waals surface area contributed by atoms with Gasteiger partial charge in [0.1, 0.15) is 0 Å². The summed E-state index contributed by atoms with van der Waals surface area (Å²) in [6.45, 7) is 1.73. The van der Waals surface area contributed by atoms with Gasteiger partial charge in [0.2, 0.25) is 0 Å². The summed E-state index contributed by atoms with van der Waals surface area (Å²) >= 11 is 0. The first kappa shape index (κ1) is 14.0. The molecule has 1 unspecified atom stereocenters. The highest BCUT2D eigenvalue weighted by Crippen LogP contribution is 2.34. The first-order valence-electron chi connectivity index (χ1n) is 5.87. The molecule has 19 heavy (non-hydrogen) atoms. The molecule has 4 nitrogen and oxygen atoms in total. The maximum Gasteiger partial charge on any atom is 0.265 e. The van der Waals surface area contributed by atoms with Gasteiger partial charge in [-0.3, -0.25) is 0 Å². The van der Waals surface area contributed by atoms with Crippen LogP contribution >= 0.6 is 0 Å². The average Bonchev–Trinajstić information content (AvgIpc) is 2.55. The fourth-order valence-electron chi connectivity index (χ4n) is 2.31. The largest absolute Gasteiger partial charge is 0.399 e. The molecule has 3 N–H and O–H groups in total. The lowest BCUT2D eigenvalue weighted by molar-refractivity contribution is 0.152. The fourth-order valence-corrected chi connectivity index (χ4v) is 4.40. The van der Waals surface area contributed by atoms with Crippen LogP contribution in [0.3, 0.4) is 0 Å². The van der Waals surface area contributed by atoms with Crippen molar-refractivity contribution in [2.75, 3.05) is 22.6 Å². The molecule has 0 bridgehead atoms. The molecule has 1 saturated heterocycles. The highest BCUT2D eigenvalue weighted by Gasteiger charge is 2.38. The Kier molecular flexibility index (Phi) is 3.42. The second kappa shape index (κ2) is 4.63. The molecule has 1 aliphatic heterocycles. The molecule has 1 aromatic carbocycles. The molecule has 1 aliphatic rings. The number of rotatable bonds is 3. The van der Waals surface area contributed by atoms with Gasteiger partial charge >= 0.3 is 0 Å². The van der Waals surface area contributed by atoms with Crippen LogP contribution in [-0.4, -0.2) is 25.5 Å². The van der Waals surface area contributed by atoms with E-state index in [2.05, 4.69) is 5.32 Å². The van der Waals surface area contributed by atoms with E-state index < -0.39 is 21.8 Å². The number of nitrogens with two attached hydrogens (primary N) is 1. The molecular weight excluding hydrogens is 274 g/mol. The Morgan fingerprint density at radius 1 is 1.42 bits per heavy atom. The van der Waals surface area contributed by atoms with Crippen LogP contribution < -0.4 is 11.1 Å². The predicted molar refractivity (Wildman–Crippen MR) is 71.1 cm³/mol. The molecule has 0 aromatic heterocycles. The van der Waals surface area contributed by atoms with Gasteiger partial charge in [-0.05, 0) is 31.5 Å². The first-order chi connectivity index (χ1) is 8.71. The van der Waals surface area contributed by atoms with E-state index in [9.17, 15) is 17.2 Å². The average molecular weight is 290 g/mol. The minimum absolute atomic E-state index is 0.0486. The van der Waals surface area contributed by atoms with Gasteiger partial charge in [0.25, 0.3) is 6.43 Å². The van der Waals surface area contributed by atoms with E-state index in [-0.39, 0.29) is 28.4 Å². The van der Waals surface area contributed by atoms with Crippen LogP contribution in [0.1, 0.15) is 25.3 Å². The van der Waals surface area contributed by atoms with E-state index in [0.717, 1.165) is 0 Å². The van der Waals surface area contributed by atoms with Crippen molar-refractivity contribution in [3.63, 3.8) is 0 Å². The Balaban J connectivity index is 2.29. The molecule has 1 atom stereocenters. The van der Waals surface area contributed by atoms with Crippen molar-refractivity contribution in [2.45, 2.75) is 25.3 Å². The van der Waals surface area contributed by atoms with Gasteiger partial charge in [-0.1, -0.05) is 0 Å². The van der Waals surface area contributed by atoms with Gasteiger partial charge in [-0.2, -0.15) is 0 Å². The highest BCUT2D eigenvalue weighted by molar-refractivity contribution is 7.91. The van der Waals surface area contributed by atoms with Crippen molar-refractivity contribution in [1.82, 2.24) is 0 Å². The summed E-state index contributed by atoms with van der Waals surface area (Å²) in [6.07, 6.45) is -2.25. The third kappa shape index (κ3) is 3.15. The lowest BCUT2D eigenvalue weighted by atomic mass is 10.0. The van der Waals surface area contributed by atoms with Crippen molar-refractivity contribution in [1.29, 1.82) is 0 Å². The van der Waals surface area contributed by atoms with E-state index in [0.29, 0.717) is 6.42 Å². The summed E-state index contributed by atoms with van der Waals surface area (Å²) in [4.78, 5) is 0. The molecule has 0 aliphatic carbocycles. The minimum Gasteiger partial charge on any atom is -0.399 e. The van der Waals surface area contributed by atoms with E-state index >= 15 is 0 Å². The number of anilines is 2. The van der Waals surface area contributed by atoms with Crippen LogP contribution in [0.2, 0.25) is 0 Å². The lowest BCUT2D eigenvalue weighted by Crippen LogP contribution is -2.36. The normalized spacial score (nSPS) is 25.7. The summed E-state index contributed by atoms with van der Waals surface area (Å²) in [5, 5.41) is 2.94. The molecule has 7 heteroatoms. The number of benzene rings is 1. The van der Waals surface area contributed by atoms with Crippen molar-refractivity contribution in [3.05, 3.63) is 23.8 Å². The summed E-state index contributed by atoms with van der Waals surface area (Å²) in [7, 11) is -3.09. The summed E-state index contributed by atoms with van der Waals surface area (Å²) in [5.41, 5.74) is 5.07. The van der Waals surface area contributed by atoms with Crippen LogP contribution in [-0.2, 0) is 9.84 Å². The molecule has 0 spiro atoms. The first-order valence-corrected chi connectivity index (χ1v) is 7.69. The zero-order valence-corrected chi connectivity index (χ0v) is 11.3. The number of nitrogen functional groups attached to an aromatic ring is 1. The van der Waals surface area contributed by atoms with Crippen molar-refractivity contribution in [2.24, 2.45) is 0 Å². The maximum atomic E-state index is 12.9. The topological polar surface area (TPSA) is 72.2 Å². The van der Waals surface area contributed by atoms with Gasteiger partial charge in [-0.15, -0.1) is 0 Å². The van der Waals surface area contributed by atoms with Gasteiger partial charge < -0.3 is 11.1 Å². The molecule has 106 valence electrons. The molecule has 0 amide bonds. The third-order valence-electron chi connectivity index (χ3n) is 3.25. The van der Waals surface area contributed by atoms with Gasteiger partial charge in [0.05, 0.1) is 11.5 Å². The van der Waals surface area contributed by atoms with Crippen molar-refractivity contribution >= 4 is 21.2 Å². The lowest BCUT2D eigenvalue weighted by Gasteiger charge is -2.27. The Morgan fingerprint density at radius 2 is 2.11 bits per heavy atom.